The molecule has 0 saturated heterocycles. The van der Waals surface area contributed by atoms with Crippen LogP contribution in [0.3, 0.4) is 0 Å². The molecule has 1 N–H and O–H groups in total. The number of aromatic nitrogens is 1. The highest BCUT2D eigenvalue weighted by atomic mass is 19.1. The lowest BCUT2D eigenvalue weighted by Gasteiger charge is -2.05. The standard InChI is InChI=1S/C23H17FN4O3/c24-18-11-9-16(10-12-18)14-27-15-17(19-5-1-3-7-21(19)27)13-25-26-23(29)20-6-2-4-8-22(20)28(30)31/h1-13,15H,14H2,(H,26,29)/b25-13-. The molecule has 3 aromatic carbocycles. The van der Waals surface area contributed by atoms with Crippen LogP contribution in [0.2, 0.25) is 0 Å². The number of nitro groups is 1. The summed E-state index contributed by atoms with van der Waals surface area (Å²) in [7, 11) is 0. The van der Waals surface area contributed by atoms with E-state index in [1.165, 1.54) is 36.5 Å². The van der Waals surface area contributed by atoms with E-state index in [0.29, 0.717) is 6.54 Å². The number of para-hydroxylation sites is 2. The summed E-state index contributed by atoms with van der Waals surface area (Å²) >= 11 is 0. The van der Waals surface area contributed by atoms with E-state index in [9.17, 15) is 19.3 Å². The van der Waals surface area contributed by atoms with Crippen molar-refractivity contribution in [2.45, 2.75) is 6.54 Å². The van der Waals surface area contributed by atoms with Gasteiger partial charge in [-0.05, 0) is 29.8 Å². The summed E-state index contributed by atoms with van der Waals surface area (Å²) in [4.78, 5) is 22.8. The fraction of sp³-hybridized carbons (Fsp3) is 0.0435. The number of hydrogen-bond donors (Lipinski definition) is 1. The maximum Gasteiger partial charge on any atom is 0.282 e. The van der Waals surface area contributed by atoms with Crippen molar-refractivity contribution in [3.05, 3.63) is 112 Å². The third-order valence-corrected chi connectivity index (χ3v) is 4.80. The molecule has 8 heteroatoms. The van der Waals surface area contributed by atoms with Crippen LogP contribution >= 0.6 is 0 Å². The highest BCUT2D eigenvalue weighted by molar-refractivity contribution is 6.01. The van der Waals surface area contributed by atoms with Crippen LogP contribution in [0.25, 0.3) is 10.9 Å². The van der Waals surface area contributed by atoms with Crippen molar-refractivity contribution in [2.24, 2.45) is 5.10 Å². The highest BCUT2D eigenvalue weighted by Crippen LogP contribution is 2.22. The van der Waals surface area contributed by atoms with Gasteiger partial charge in [0, 0.05) is 35.3 Å². The first-order valence-electron chi connectivity index (χ1n) is 9.42. The van der Waals surface area contributed by atoms with Crippen LogP contribution in [0.15, 0.2) is 84.1 Å². The van der Waals surface area contributed by atoms with Crippen molar-refractivity contribution < 1.29 is 14.1 Å². The molecule has 0 saturated carbocycles. The number of nitro benzene ring substituents is 1. The summed E-state index contributed by atoms with van der Waals surface area (Å²) in [5.41, 5.74) is 4.66. The fourth-order valence-electron chi connectivity index (χ4n) is 3.34. The van der Waals surface area contributed by atoms with Crippen molar-refractivity contribution in [1.82, 2.24) is 9.99 Å². The second kappa shape index (κ2) is 8.58. The number of nitrogens with zero attached hydrogens (tertiary/aromatic N) is 3. The first-order chi connectivity index (χ1) is 15.0. The van der Waals surface area contributed by atoms with Gasteiger partial charge in [-0.15, -0.1) is 0 Å². The van der Waals surface area contributed by atoms with Crippen LogP contribution in [0.4, 0.5) is 10.1 Å². The second-order valence-corrected chi connectivity index (χ2v) is 6.83. The van der Waals surface area contributed by atoms with Gasteiger partial charge in [-0.1, -0.05) is 42.5 Å². The maximum absolute atomic E-state index is 13.2. The molecule has 0 atom stereocenters. The second-order valence-electron chi connectivity index (χ2n) is 6.83. The molecule has 0 aliphatic rings. The minimum absolute atomic E-state index is 0.0663. The Morgan fingerprint density at radius 2 is 1.77 bits per heavy atom. The minimum atomic E-state index is -0.668. The molecule has 0 aliphatic carbocycles. The Labute approximate surface area is 176 Å². The Kier molecular flexibility index (Phi) is 5.53. The molecular weight excluding hydrogens is 399 g/mol. The van der Waals surface area contributed by atoms with E-state index in [2.05, 4.69) is 10.5 Å². The lowest BCUT2D eigenvalue weighted by molar-refractivity contribution is -0.385. The van der Waals surface area contributed by atoms with Crippen LogP contribution in [-0.4, -0.2) is 21.6 Å². The average Bonchev–Trinajstić information content (AvgIpc) is 3.12. The van der Waals surface area contributed by atoms with Gasteiger partial charge in [0.05, 0.1) is 11.1 Å². The molecule has 0 aliphatic heterocycles. The number of benzene rings is 3. The number of amides is 1. The molecule has 1 amide bonds. The van der Waals surface area contributed by atoms with Gasteiger partial charge in [0.25, 0.3) is 11.6 Å². The third-order valence-electron chi connectivity index (χ3n) is 4.80. The van der Waals surface area contributed by atoms with Gasteiger partial charge in [-0.2, -0.15) is 5.10 Å². The van der Waals surface area contributed by atoms with Gasteiger partial charge >= 0.3 is 0 Å². The lowest BCUT2D eigenvalue weighted by atomic mass is 10.2. The summed E-state index contributed by atoms with van der Waals surface area (Å²) in [6, 6.07) is 19.7. The van der Waals surface area contributed by atoms with Gasteiger partial charge in [0.15, 0.2) is 0 Å². The Morgan fingerprint density at radius 1 is 1.06 bits per heavy atom. The normalized spacial score (nSPS) is 11.1. The first kappa shape index (κ1) is 20.0. The molecule has 4 aromatic rings. The molecule has 0 unspecified atom stereocenters. The van der Waals surface area contributed by atoms with E-state index in [1.807, 2.05) is 35.0 Å². The van der Waals surface area contributed by atoms with Crippen molar-refractivity contribution in [3.63, 3.8) is 0 Å². The van der Waals surface area contributed by atoms with Gasteiger partial charge in [-0.25, -0.2) is 9.82 Å². The number of hydrogen-bond acceptors (Lipinski definition) is 4. The minimum Gasteiger partial charge on any atom is -0.342 e. The highest BCUT2D eigenvalue weighted by Gasteiger charge is 2.18. The summed E-state index contributed by atoms with van der Waals surface area (Å²) in [6.45, 7) is 0.539. The fourth-order valence-corrected chi connectivity index (χ4v) is 3.34. The lowest BCUT2D eigenvalue weighted by Crippen LogP contribution is -2.18. The summed E-state index contributed by atoms with van der Waals surface area (Å²) in [6.07, 6.45) is 3.38. The zero-order valence-electron chi connectivity index (χ0n) is 16.2. The van der Waals surface area contributed by atoms with Gasteiger partial charge < -0.3 is 4.57 Å². The first-order valence-corrected chi connectivity index (χ1v) is 9.42. The van der Waals surface area contributed by atoms with Crippen molar-refractivity contribution >= 4 is 28.7 Å². The van der Waals surface area contributed by atoms with E-state index in [0.717, 1.165) is 22.0 Å². The van der Waals surface area contributed by atoms with Gasteiger partial charge in [0.2, 0.25) is 0 Å². The monoisotopic (exact) mass is 416 g/mol. The van der Waals surface area contributed by atoms with Crippen LogP contribution in [-0.2, 0) is 6.54 Å². The quantitative estimate of drug-likeness (QED) is 0.285. The molecule has 31 heavy (non-hydrogen) atoms. The predicted octanol–water partition coefficient (Wildman–Crippen LogP) is 4.50. The molecule has 1 aromatic heterocycles. The number of nitrogens with one attached hydrogen (secondary N) is 1. The zero-order chi connectivity index (χ0) is 21.8. The summed E-state index contributed by atoms with van der Waals surface area (Å²) in [5, 5.41) is 16.0. The number of halogens is 1. The Morgan fingerprint density at radius 3 is 2.55 bits per heavy atom. The van der Waals surface area contributed by atoms with E-state index in [1.54, 1.807) is 18.2 Å². The van der Waals surface area contributed by atoms with Crippen LogP contribution in [0.5, 0.6) is 0 Å². The average molecular weight is 416 g/mol. The Balaban J connectivity index is 1.57. The van der Waals surface area contributed by atoms with Crippen LogP contribution < -0.4 is 5.43 Å². The molecule has 0 radical (unpaired) electrons. The van der Waals surface area contributed by atoms with E-state index in [4.69, 9.17) is 0 Å². The topological polar surface area (TPSA) is 89.5 Å². The van der Waals surface area contributed by atoms with E-state index in [-0.39, 0.29) is 17.1 Å². The molecule has 0 spiro atoms. The largest absolute Gasteiger partial charge is 0.342 e. The molecule has 1 heterocycles. The number of carbonyl (C=O) groups excluding carboxylic acids is 1. The molecule has 154 valence electrons. The SMILES string of the molecule is O=C(N/N=C\c1cn(Cc2ccc(F)cc2)c2ccccc12)c1ccccc1[N+](=O)[O-]. The van der Waals surface area contributed by atoms with E-state index < -0.39 is 10.8 Å². The number of carbonyl (C=O) groups is 1. The zero-order valence-corrected chi connectivity index (χ0v) is 16.2. The predicted molar refractivity (Wildman–Crippen MR) is 116 cm³/mol. The van der Waals surface area contributed by atoms with Crippen LogP contribution in [0.1, 0.15) is 21.5 Å². The number of hydrazone groups is 1. The maximum atomic E-state index is 13.2. The molecule has 4 rings (SSSR count). The molecule has 7 nitrogen and oxygen atoms in total. The number of rotatable bonds is 6. The van der Waals surface area contributed by atoms with Crippen LogP contribution in [0, 0.1) is 15.9 Å². The summed E-state index contributed by atoms with van der Waals surface area (Å²) < 4.78 is 15.2. The van der Waals surface area contributed by atoms with Gasteiger partial charge in [0.1, 0.15) is 11.4 Å². The van der Waals surface area contributed by atoms with E-state index >= 15 is 0 Å². The smallest absolute Gasteiger partial charge is 0.282 e. The van der Waals surface area contributed by atoms with Crippen molar-refractivity contribution in [1.29, 1.82) is 0 Å². The molecular formula is C23H17FN4O3. The summed E-state index contributed by atoms with van der Waals surface area (Å²) in [5.74, 6) is -0.957. The Bertz CT molecular complexity index is 1300. The van der Waals surface area contributed by atoms with Gasteiger partial charge in [-0.3, -0.25) is 14.9 Å². The molecule has 0 bridgehead atoms. The Hall–Kier alpha value is -4.33. The number of fused-ring (bicyclic) bond motifs is 1. The molecule has 0 fully saturated rings. The van der Waals surface area contributed by atoms with Crippen molar-refractivity contribution in [3.8, 4) is 0 Å². The third kappa shape index (κ3) is 4.32. The van der Waals surface area contributed by atoms with Crippen molar-refractivity contribution in [2.75, 3.05) is 0 Å².